The number of nitrogens with one attached hydrogen (secondary N) is 1. The first kappa shape index (κ1) is 9.22. The fourth-order valence-corrected chi connectivity index (χ4v) is 1.28. The molecule has 0 radical (unpaired) electrons. The molecular weight excluding hydrogens is 222 g/mol. The van der Waals surface area contributed by atoms with Crippen molar-refractivity contribution >= 4 is 21.8 Å². The molecule has 1 amide bonds. The zero-order chi connectivity index (χ0) is 8.97. The molecule has 0 spiro atoms. The van der Waals surface area contributed by atoms with Crippen molar-refractivity contribution in [2.24, 2.45) is 0 Å². The SMILES string of the molecule is O=C(NCO)c1ccccc1Br. The molecule has 0 saturated carbocycles. The number of hydrogen-bond acceptors (Lipinski definition) is 2. The Balaban J connectivity index is 2.87. The molecule has 0 aromatic heterocycles. The van der Waals surface area contributed by atoms with E-state index < -0.39 is 0 Å². The smallest absolute Gasteiger partial charge is 0.254 e. The van der Waals surface area contributed by atoms with Crippen molar-refractivity contribution in [3.63, 3.8) is 0 Å². The number of aliphatic hydroxyl groups is 1. The van der Waals surface area contributed by atoms with E-state index in [0.29, 0.717) is 5.56 Å². The Bertz CT molecular complexity index is 288. The summed E-state index contributed by atoms with van der Waals surface area (Å²) in [6.07, 6.45) is 0. The van der Waals surface area contributed by atoms with Crippen molar-refractivity contribution in [3.05, 3.63) is 34.3 Å². The molecule has 4 heteroatoms. The van der Waals surface area contributed by atoms with Crippen molar-refractivity contribution in [1.29, 1.82) is 0 Å². The summed E-state index contributed by atoms with van der Waals surface area (Å²) in [7, 11) is 0. The Labute approximate surface area is 78.5 Å². The largest absolute Gasteiger partial charge is 0.376 e. The van der Waals surface area contributed by atoms with Gasteiger partial charge in [-0.3, -0.25) is 4.79 Å². The third-order valence-electron chi connectivity index (χ3n) is 1.36. The van der Waals surface area contributed by atoms with Crippen molar-refractivity contribution in [1.82, 2.24) is 5.32 Å². The van der Waals surface area contributed by atoms with Crippen LogP contribution in [0.2, 0.25) is 0 Å². The van der Waals surface area contributed by atoms with Crippen LogP contribution in [0.4, 0.5) is 0 Å². The van der Waals surface area contributed by atoms with Crippen LogP contribution in [0.15, 0.2) is 28.7 Å². The summed E-state index contributed by atoms with van der Waals surface area (Å²) in [6.45, 7) is -0.347. The maximum absolute atomic E-state index is 11.2. The van der Waals surface area contributed by atoms with Gasteiger partial charge in [0, 0.05) is 4.47 Å². The van der Waals surface area contributed by atoms with Gasteiger partial charge in [-0.2, -0.15) is 0 Å². The lowest BCUT2D eigenvalue weighted by atomic mass is 10.2. The number of benzene rings is 1. The van der Waals surface area contributed by atoms with Crippen molar-refractivity contribution < 1.29 is 9.90 Å². The van der Waals surface area contributed by atoms with Crippen LogP contribution in [0, 0.1) is 0 Å². The molecule has 0 saturated heterocycles. The highest BCUT2D eigenvalue weighted by Gasteiger charge is 2.06. The fourth-order valence-electron chi connectivity index (χ4n) is 0.812. The van der Waals surface area contributed by atoms with Gasteiger partial charge in [-0.25, -0.2) is 0 Å². The molecule has 3 nitrogen and oxygen atoms in total. The maximum Gasteiger partial charge on any atom is 0.254 e. The molecule has 64 valence electrons. The topological polar surface area (TPSA) is 49.3 Å². The third-order valence-corrected chi connectivity index (χ3v) is 2.05. The summed E-state index contributed by atoms with van der Waals surface area (Å²) in [5, 5.41) is 10.7. The van der Waals surface area contributed by atoms with Crippen LogP contribution in [-0.2, 0) is 0 Å². The van der Waals surface area contributed by atoms with Crippen molar-refractivity contribution in [2.75, 3.05) is 6.73 Å². The molecule has 0 atom stereocenters. The lowest BCUT2D eigenvalue weighted by Gasteiger charge is -2.02. The Morgan fingerprint density at radius 3 is 2.75 bits per heavy atom. The van der Waals surface area contributed by atoms with E-state index in [2.05, 4.69) is 21.2 Å². The molecule has 1 aromatic rings. The summed E-state index contributed by atoms with van der Waals surface area (Å²) in [4.78, 5) is 11.2. The number of rotatable bonds is 2. The van der Waals surface area contributed by atoms with Gasteiger partial charge in [0.05, 0.1) is 5.56 Å². The summed E-state index contributed by atoms with van der Waals surface area (Å²) < 4.78 is 0.718. The summed E-state index contributed by atoms with van der Waals surface area (Å²) in [6, 6.07) is 7.03. The van der Waals surface area contributed by atoms with E-state index in [1.54, 1.807) is 18.2 Å². The van der Waals surface area contributed by atoms with Gasteiger partial charge >= 0.3 is 0 Å². The molecule has 12 heavy (non-hydrogen) atoms. The first-order valence-corrected chi connectivity index (χ1v) is 4.18. The van der Waals surface area contributed by atoms with E-state index in [9.17, 15) is 4.79 Å². The highest BCUT2D eigenvalue weighted by atomic mass is 79.9. The van der Waals surface area contributed by atoms with Crippen LogP contribution in [0.1, 0.15) is 10.4 Å². The molecule has 0 aliphatic heterocycles. The van der Waals surface area contributed by atoms with Crippen molar-refractivity contribution in [2.45, 2.75) is 0 Å². The second kappa shape index (κ2) is 4.23. The van der Waals surface area contributed by atoms with Crippen LogP contribution >= 0.6 is 15.9 Å². The average Bonchev–Trinajstić information content (AvgIpc) is 2.05. The van der Waals surface area contributed by atoms with Crippen LogP contribution < -0.4 is 5.32 Å². The second-order valence-corrected chi connectivity index (χ2v) is 3.00. The number of halogens is 1. The van der Waals surface area contributed by atoms with Gasteiger partial charge in [0.2, 0.25) is 0 Å². The molecule has 1 rings (SSSR count). The van der Waals surface area contributed by atoms with E-state index in [1.807, 2.05) is 6.07 Å². The molecule has 0 heterocycles. The van der Waals surface area contributed by atoms with E-state index in [1.165, 1.54) is 0 Å². The molecule has 2 N–H and O–H groups in total. The average molecular weight is 230 g/mol. The summed E-state index contributed by atoms with van der Waals surface area (Å²) in [5.41, 5.74) is 0.520. The van der Waals surface area contributed by atoms with E-state index >= 15 is 0 Å². The lowest BCUT2D eigenvalue weighted by Crippen LogP contribution is -2.24. The molecular formula is C8H8BrNO2. The number of hydrogen-bond donors (Lipinski definition) is 2. The molecule has 0 aliphatic rings. The van der Waals surface area contributed by atoms with Gasteiger partial charge in [0.25, 0.3) is 5.91 Å². The predicted octanol–water partition coefficient (Wildman–Crippen LogP) is 1.13. The van der Waals surface area contributed by atoms with Gasteiger partial charge in [-0.15, -0.1) is 0 Å². The van der Waals surface area contributed by atoms with Crippen LogP contribution in [0.3, 0.4) is 0 Å². The number of carbonyl (C=O) groups is 1. The molecule has 0 bridgehead atoms. The Kier molecular flexibility index (Phi) is 3.25. The standard InChI is InChI=1S/C8H8BrNO2/c9-7-4-2-1-3-6(7)8(12)10-5-11/h1-4,11H,5H2,(H,10,12). The van der Waals surface area contributed by atoms with Gasteiger partial charge in [-0.05, 0) is 28.1 Å². The second-order valence-electron chi connectivity index (χ2n) is 2.14. The van der Waals surface area contributed by atoms with Crippen LogP contribution in [0.25, 0.3) is 0 Å². The Hall–Kier alpha value is -0.870. The highest BCUT2D eigenvalue weighted by molar-refractivity contribution is 9.10. The number of amides is 1. The normalized spacial score (nSPS) is 9.50. The maximum atomic E-state index is 11.2. The first-order chi connectivity index (χ1) is 5.75. The van der Waals surface area contributed by atoms with Gasteiger partial charge in [0.15, 0.2) is 0 Å². The van der Waals surface area contributed by atoms with Gasteiger partial charge in [-0.1, -0.05) is 12.1 Å². The van der Waals surface area contributed by atoms with Crippen LogP contribution in [-0.4, -0.2) is 17.7 Å². The van der Waals surface area contributed by atoms with Gasteiger partial charge < -0.3 is 10.4 Å². The molecule has 0 aliphatic carbocycles. The lowest BCUT2D eigenvalue weighted by molar-refractivity contribution is 0.0909. The molecule has 0 fully saturated rings. The minimum atomic E-state index is -0.347. The zero-order valence-electron chi connectivity index (χ0n) is 6.25. The minimum absolute atomic E-state index is 0.287. The quantitative estimate of drug-likeness (QED) is 0.748. The van der Waals surface area contributed by atoms with E-state index in [0.717, 1.165) is 4.47 Å². The highest BCUT2D eigenvalue weighted by Crippen LogP contribution is 2.15. The third kappa shape index (κ3) is 2.06. The molecule has 0 unspecified atom stereocenters. The predicted molar refractivity (Wildman–Crippen MR) is 48.7 cm³/mol. The van der Waals surface area contributed by atoms with Gasteiger partial charge in [0.1, 0.15) is 6.73 Å². The van der Waals surface area contributed by atoms with E-state index in [-0.39, 0.29) is 12.6 Å². The zero-order valence-corrected chi connectivity index (χ0v) is 7.84. The van der Waals surface area contributed by atoms with Crippen molar-refractivity contribution in [3.8, 4) is 0 Å². The molecule has 1 aromatic carbocycles. The monoisotopic (exact) mass is 229 g/mol. The summed E-state index contributed by atoms with van der Waals surface area (Å²) >= 11 is 3.22. The van der Waals surface area contributed by atoms with E-state index in [4.69, 9.17) is 5.11 Å². The Morgan fingerprint density at radius 1 is 1.50 bits per heavy atom. The Morgan fingerprint density at radius 2 is 2.17 bits per heavy atom. The summed E-state index contributed by atoms with van der Waals surface area (Å²) in [5.74, 6) is -0.287. The fraction of sp³-hybridized carbons (Fsp3) is 0.125. The first-order valence-electron chi connectivity index (χ1n) is 3.39. The number of aliphatic hydroxyl groups excluding tert-OH is 1. The number of carbonyl (C=O) groups excluding carboxylic acids is 1. The minimum Gasteiger partial charge on any atom is -0.376 e. The van der Waals surface area contributed by atoms with Crippen LogP contribution in [0.5, 0.6) is 0 Å².